The molecular formula is C28H26N4O7S2. The minimum atomic E-state index is -0.871. The van der Waals surface area contributed by atoms with Gasteiger partial charge in [-0.2, -0.15) is 0 Å². The van der Waals surface area contributed by atoms with E-state index in [4.69, 9.17) is 18.6 Å². The zero-order valence-corrected chi connectivity index (χ0v) is 24.5. The van der Waals surface area contributed by atoms with E-state index in [0.717, 1.165) is 11.8 Å². The van der Waals surface area contributed by atoms with Gasteiger partial charge in [0.2, 0.25) is 0 Å². The van der Waals surface area contributed by atoms with Gasteiger partial charge in [0.1, 0.15) is 23.3 Å². The van der Waals surface area contributed by atoms with Crippen molar-refractivity contribution in [1.82, 2.24) is 14.5 Å². The van der Waals surface area contributed by atoms with E-state index in [0.29, 0.717) is 53.8 Å². The topological polar surface area (TPSA) is 138 Å². The molecule has 0 unspecified atom stereocenters. The molecule has 0 saturated heterocycles. The fourth-order valence-corrected chi connectivity index (χ4v) is 6.26. The second kappa shape index (κ2) is 11.6. The number of hydrogen-bond acceptors (Lipinski definition) is 11. The molecule has 0 fully saturated rings. The molecule has 4 heterocycles. The van der Waals surface area contributed by atoms with Gasteiger partial charge >= 0.3 is 5.97 Å². The van der Waals surface area contributed by atoms with Crippen LogP contribution in [0.25, 0.3) is 6.08 Å². The predicted molar refractivity (Wildman–Crippen MR) is 152 cm³/mol. The molecule has 0 bridgehead atoms. The highest BCUT2D eigenvalue weighted by Crippen LogP contribution is 2.37. The van der Waals surface area contributed by atoms with Crippen LogP contribution >= 0.6 is 23.1 Å². The number of carbonyl (C=O) groups excluding carboxylic acids is 1. The number of methoxy groups -OCH3 is 2. The largest absolute Gasteiger partial charge is 0.497 e. The van der Waals surface area contributed by atoms with Gasteiger partial charge in [0.15, 0.2) is 15.1 Å². The molecule has 13 heteroatoms. The van der Waals surface area contributed by atoms with Gasteiger partial charge in [-0.15, -0.1) is 0 Å². The number of aryl methyl sites for hydroxylation is 1. The van der Waals surface area contributed by atoms with E-state index in [2.05, 4.69) is 15.0 Å². The number of aromatic amines is 1. The lowest BCUT2D eigenvalue weighted by Crippen LogP contribution is -2.40. The Hall–Kier alpha value is -4.36. The van der Waals surface area contributed by atoms with Gasteiger partial charge in [-0.25, -0.2) is 14.8 Å². The van der Waals surface area contributed by atoms with Crippen LogP contribution in [0.15, 0.2) is 76.9 Å². The van der Waals surface area contributed by atoms with Gasteiger partial charge in [0, 0.05) is 23.4 Å². The number of nitrogens with zero attached hydrogens (tertiary/aromatic N) is 3. The summed E-state index contributed by atoms with van der Waals surface area (Å²) in [6.07, 6.45) is 1.61. The number of fused-ring (bicyclic) bond motifs is 1. The van der Waals surface area contributed by atoms with E-state index in [1.807, 2.05) is 0 Å². The van der Waals surface area contributed by atoms with Gasteiger partial charge in [-0.05, 0) is 62.9 Å². The lowest BCUT2D eigenvalue weighted by atomic mass is 9.95. The monoisotopic (exact) mass is 594 g/mol. The fraction of sp³-hybridized carbons (Fsp3) is 0.250. The Balaban J connectivity index is 1.62. The molecule has 41 heavy (non-hydrogen) atoms. The summed E-state index contributed by atoms with van der Waals surface area (Å²) < 4.78 is 24.1. The number of ether oxygens (including phenoxy) is 3. The zero-order chi connectivity index (χ0) is 29.3. The summed E-state index contributed by atoms with van der Waals surface area (Å²) >= 11 is 2.33. The number of hydrogen-bond donors (Lipinski definition) is 1. The second-order valence-electron chi connectivity index (χ2n) is 8.86. The van der Waals surface area contributed by atoms with Crippen molar-refractivity contribution < 1.29 is 23.4 Å². The van der Waals surface area contributed by atoms with Crippen molar-refractivity contribution in [1.29, 1.82) is 0 Å². The number of benzene rings is 1. The summed E-state index contributed by atoms with van der Waals surface area (Å²) in [6, 6.07) is 9.17. The Bertz CT molecular complexity index is 1920. The van der Waals surface area contributed by atoms with E-state index < -0.39 is 12.0 Å². The molecule has 11 nitrogen and oxygen atoms in total. The summed E-state index contributed by atoms with van der Waals surface area (Å²) in [7, 11) is 3.05. The number of rotatable bonds is 8. The van der Waals surface area contributed by atoms with Gasteiger partial charge in [-0.3, -0.25) is 14.2 Å². The number of allylic oxidation sites excluding steroid dienone is 1. The number of nitrogens with one attached hydrogen (secondary N) is 1. The Morgan fingerprint density at radius 1 is 1.17 bits per heavy atom. The highest BCUT2D eigenvalue weighted by molar-refractivity contribution is 7.99. The molecule has 1 atom stereocenters. The first kappa shape index (κ1) is 28.2. The van der Waals surface area contributed by atoms with E-state index >= 15 is 0 Å². The number of carbonyl (C=O) groups is 1. The molecule has 1 aromatic carbocycles. The van der Waals surface area contributed by atoms with Crippen LogP contribution < -0.4 is 29.9 Å². The normalized spacial score (nSPS) is 15.0. The molecule has 4 aromatic rings. The van der Waals surface area contributed by atoms with Gasteiger partial charge in [-0.1, -0.05) is 11.3 Å². The van der Waals surface area contributed by atoms with Crippen molar-refractivity contribution in [3.05, 3.63) is 94.7 Å². The zero-order valence-electron chi connectivity index (χ0n) is 22.8. The third kappa shape index (κ3) is 5.63. The molecule has 0 amide bonds. The SMILES string of the molecule is CCOC(=O)C1=C(C)N=c2s/c(=C/c3ccc(Sc4nc(C)cc(=O)[nH]4)o3)c(=O)n2[C@@H]1c1cc(OC)ccc1OC. The Kier molecular flexibility index (Phi) is 7.99. The molecule has 1 N–H and O–H groups in total. The van der Waals surface area contributed by atoms with E-state index in [9.17, 15) is 14.4 Å². The van der Waals surface area contributed by atoms with Crippen LogP contribution in [0.3, 0.4) is 0 Å². The Morgan fingerprint density at radius 3 is 2.68 bits per heavy atom. The first-order valence-corrected chi connectivity index (χ1v) is 14.1. The predicted octanol–water partition coefficient (Wildman–Crippen LogP) is 2.95. The number of esters is 1. The Labute approximate surface area is 241 Å². The highest BCUT2D eigenvalue weighted by Gasteiger charge is 2.35. The molecule has 0 aliphatic carbocycles. The van der Waals surface area contributed by atoms with Crippen LogP contribution in [-0.4, -0.2) is 41.3 Å². The lowest BCUT2D eigenvalue weighted by molar-refractivity contribution is -0.139. The number of H-pyrrole nitrogens is 1. The maximum Gasteiger partial charge on any atom is 0.338 e. The van der Waals surface area contributed by atoms with Gasteiger partial charge in [0.25, 0.3) is 11.1 Å². The van der Waals surface area contributed by atoms with Crippen molar-refractivity contribution in [2.24, 2.45) is 4.99 Å². The summed E-state index contributed by atoms with van der Waals surface area (Å²) in [5.74, 6) is 0.848. The molecule has 0 radical (unpaired) electrons. The molecule has 1 aliphatic rings. The minimum absolute atomic E-state index is 0.160. The highest BCUT2D eigenvalue weighted by atomic mass is 32.2. The summed E-state index contributed by atoms with van der Waals surface area (Å²) in [5, 5.41) is 0.877. The molecule has 1 aliphatic heterocycles. The molecule has 3 aromatic heterocycles. The standard InChI is InChI=1S/C28H26N4O7S2/c1-6-38-26(35)23-15(3)30-28-32(24(23)18-12-16(36-4)7-9-19(18)37-5)25(34)20(40-28)13-17-8-10-22(39-17)41-27-29-14(2)11-21(33)31-27/h7-13,24H,6H2,1-5H3,(H,29,31,33)/b20-13+/t24-/m1/s1. The van der Waals surface area contributed by atoms with Crippen molar-refractivity contribution in [2.45, 2.75) is 37.1 Å². The van der Waals surface area contributed by atoms with E-state index in [1.54, 1.807) is 57.2 Å². The maximum absolute atomic E-state index is 13.9. The van der Waals surface area contributed by atoms with Gasteiger partial charge in [0.05, 0.1) is 36.6 Å². The van der Waals surface area contributed by atoms with Crippen LogP contribution in [0.1, 0.15) is 36.9 Å². The Morgan fingerprint density at radius 2 is 1.98 bits per heavy atom. The van der Waals surface area contributed by atoms with Crippen molar-refractivity contribution in [3.8, 4) is 11.5 Å². The molecule has 0 saturated carbocycles. The summed E-state index contributed by atoms with van der Waals surface area (Å²) in [4.78, 5) is 50.8. The molecule has 5 rings (SSSR count). The number of furan rings is 1. The summed E-state index contributed by atoms with van der Waals surface area (Å²) in [6.45, 7) is 5.32. The van der Waals surface area contributed by atoms with E-state index in [-0.39, 0.29) is 23.3 Å². The first-order chi connectivity index (χ1) is 19.7. The number of thiazole rings is 1. The van der Waals surface area contributed by atoms with Crippen molar-refractivity contribution >= 4 is 35.1 Å². The molecule has 212 valence electrons. The summed E-state index contributed by atoms with van der Waals surface area (Å²) in [5.41, 5.74) is 1.17. The second-order valence-corrected chi connectivity index (χ2v) is 10.9. The third-order valence-corrected chi connectivity index (χ3v) is 7.96. The quantitative estimate of drug-likeness (QED) is 0.241. The van der Waals surface area contributed by atoms with Crippen LogP contribution in [0.2, 0.25) is 0 Å². The average Bonchev–Trinajstić information content (AvgIpc) is 3.50. The van der Waals surface area contributed by atoms with E-state index in [1.165, 1.54) is 36.2 Å². The first-order valence-electron chi connectivity index (χ1n) is 12.5. The van der Waals surface area contributed by atoms with Crippen molar-refractivity contribution in [2.75, 3.05) is 20.8 Å². The van der Waals surface area contributed by atoms with Crippen LogP contribution in [-0.2, 0) is 9.53 Å². The average molecular weight is 595 g/mol. The lowest BCUT2D eigenvalue weighted by Gasteiger charge is -2.26. The maximum atomic E-state index is 13.9. The molecule has 0 spiro atoms. The molecular weight excluding hydrogens is 568 g/mol. The van der Waals surface area contributed by atoms with Crippen LogP contribution in [0.4, 0.5) is 0 Å². The van der Waals surface area contributed by atoms with Crippen LogP contribution in [0, 0.1) is 6.92 Å². The van der Waals surface area contributed by atoms with Crippen LogP contribution in [0.5, 0.6) is 11.5 Å². The number of aromatic nitrogens is 3. The van der Waals surface area contributed by atoms with Gasteiger partial charge < -0.3 is 23.6 Å². The van der Waals surface area contributed by atoms with Crippen molar-refractivity contribution in [3.63, 3.8) is 0 Å². The minimum Gasteiger partial charge on any atom is -0.497 e. The third-order valence-electron chi connectivity index (χ3n) is 6.17. The fourth-order valence-electron chi connectivity index (χ4n) is 4.43. The smallest absolute Gasteiger partial charge is 0.338 e.